The number of aryl methyl sites for hydroxylation is 1. The summed E-state index contributed by atoms with van der Waals surface area (Å²) in [6.45, 7) is 23.9. The van der Waals surface area contributed by atoms with Gasteiger partial charge in [0, 0.05) is 26.8 Å². The molecule has 0 amide bonds. The van der Waals surface area contributed by atoms with Crippen LogP contribution in [-0.2, 0) is 5.04 Å². The van der Waals surface area contributed by atoms with Gasteiger partial charge in [0.05, 0.1) is 11.4 Å². The minimum atomic E-state index is -2.20. The standard InChI is InChI=1S/C32H45N2Si/c1-18(2)24-14-13-15-25-27-22(9)16-17-26-29(27)34-30(23(10)33(21(7)8)31(34)28(24)25)32(19(3)4,20(5)6)35(26,11)12/h13-21H,1-12H3/q+1/i9D3. The molecule has 5 rings (SSSR count). The molecular weight excluding hydrogens is 440 g/mol. The fourth-order valence-corrected chi connectivity index (χ4v) is 14.0. The van der Waals surface area contributed by atoms with E-state index in [-0.39, 0.29) is 11.1 Å². The van der Waals surface area contributed by atoms with Crippen molar-refractivity contribution in [1.82, 2.24) is 4.57 Å². The summed E-state index contributed by atoms with van der Waals surface area (Å²) < 4.78 is 30.9. The Balaban J connectivity index is 2.30. The molecule has 1 aliphatic rings. The molecule has 186 valence electrons. The zero-order valence-electron chi connectivity index (χ0n) is 26.6. The highest BCUT2D eigenvalue weighted by molar-refractivity contribution is 6.94. The maximum absolute atomic E-state index is 8.58. The van der Waals surface area contributed by atoms with Gasteiger partial charge in [-0.05, 0) is 54.8 Å². The minimum Gasteiger partial charge on any atom is -0.225 e. The molecule has 0 aliphatic carbocycles. The van der Waals surface area contributed by atoms with Crippen LogP contribution in [0.2, 0.25) is 13.1 Å². The molecule has 0 N–H and O–H groups in total. The topological polar surface area (TPSA) is 9.03 Å². The van der Waals surface area contributed by atoms with Crippen LogP contribution in [0.5, 0.6) is 0 Å². The normalized spacial score (nSPS) is 18.5. The smallest absolute Gasteiger partial charge is 0.225 e. The molecule has 3 heterocycles. The lowest BCUT2D eigenvalue weighted by Gasteiger charge is -2.52. The molecule has 0 saturated heterocycles. The Morgan fingerprint density at radius 1 is 0.914 bits per heavy atom. The Morgan fingerprint density at radius 2 is 1.57 bits per heavy atom. The van der Waals surface area contributed by atoms with Crippen molar-refractivity contribution in [3.05, 3.63) is 52.8 Å². The molecule has 35 heavy (non-hydrogen) atoms. The van der Waals surface area contributed by atoms with Crippen LogP contribution in [0, 0.1) is 25.6 Å². The van der Waals surface area contributed by atoms with Gasteiger partial charge in [0.1, 0.15) is 19.3 Å². The van der Waals surface area contributed by atoms with E-state index in [1.54, 1.807) is 0 Å². The highest BCUT2D eigenvalue weighted by atomic mass is 28.3. The first-order valence-electron chi connectivity index (χ1n) is 15.0. The van der Waals surface area contributed by atoms with Crippen LogP contribution in [0.15, 0.2) is 30.3 Å². The van der Waals surface area contributed by atoms with E-state index < -0.39 is 14.9 Å². The molecule has 0 unspecified atom stereocenters. The van der Waals surface area contributed by atoms with Crippen molar-refractivity contribution < 1.29 is 8.51 Å². The Kier molecular flexibility index (Phi) is 4.61. The van der Waals surface area contributed by atoms with Gasteiger partial charge in [0.15, 0.2) is 5.69 Å². The highest BCUT2D eigenvalue weighted by Gasteiger charge is 2.61. The second kappa shape index (κ2) is 7.68. The largest absolute Gasteiger partial charge is 0.295 e. The van der Waals surface area contributed by atoms with Gasteiger partial charge < -0.3 is 0 Å². The number of rotatable bonds is 4. The molecule has 3 heteroatoms. The number of fused-ring (bicyclic) bond motifs is 3. The molecular formula is C32H45N2Si+. The number of pyridine rings is 1. The number of aromatic nitrogens is 2. The summed E-state index contributed by atoms with van der Waals surface area (Å²) in [6, 6.07) is 11.0. The number of hydrogen-bond donors (Lipinski definition) is 0. The second-order valence-electron chi connectivity index (χ2n) is 12.7. The Hall–Kier alpha value is -2.13. The summed E-state index contributed by atoms with van der Waals surface area (Å²) in [7, 11) is -2.20. The van der Waals surface area contributed by atoms with Crippen molar-refractivity contribution in [3.63, 3.8) is 0 Å². The van der Waals surface area contributed by atoms with Crippen molar-refractivity contribution in [3.8, 4) is 0 Å². The van der Waals surface area contributed by atoms with E-state index in [2.05, 4.69) is 109 Å². The van der Waals surface area contributed by atoms with Gasteiger partial charge in [0.2, 0.25) is 0 Å². The molecule has 2 nitrogen and oxygen atoms in total. The molecule has 0 atom stereocenters. The predicted molar refractivity (Wildman–Crippen MR) is 155 cm³/mol. The zero-order valence-corrected chi connectivity index (χ0v) is 24.6. The minimum absolute atomic E-state index is 0.0119. The van der Waals surface area contributed by atoms with Crippen molar-refractivity contribution in [1.29, 1.82) is 0 Å². The van der Waals surface area contributed by atoms with Crippen LogP contribution in [-0.4, -0.2) is 12.6 Å². The van der Waals surface area contributed by atoms with E-state index >= 15 is 0 Å². The Morgan fingerprint density at radius 3 is 2.11 bits per heavy atom. The van der Waals surface area contributed by atoms with Crippen LogP contribution >= 0.6 is 0 Å². The Labute approximate surface area is 217 Å². The summed E-state index contributed by atoms with van der Waals surface area (Å²) in [5.41, 5.74) is 6.89. The maximum Gasteiger partial charge on any atom is 0.295 e. The van der Waals surface area contributed by atoms with Crippen LogP contribution in [0.3, 0.4) is 0 Å². The lowest BCUT2D eigenvalue weighted by molar-refractivity contribution is -0.496. The summed E-state index contributed by atoms with van der Waals surface area (Å²) in [4.78, 5) is 0. The molecule has 0 spiro atoms. The number of benzene rings is 2. The third-order valence-corrected chi connectivity index (χ3v) is 14.6. The molecule has 2 aromatic carbocycles. The van der Waals surface area contributed by atoms with Gasteiger partial charge in [-0.15, -0.1) is 0 Å². The summed E-state index contributed by atoms with van der Waals surface area (Å²) in [6.07, 6.45) is 0. The van der Waals surface area contributed by atoms with E-state index in [1.807, 2.05) is 6.07 Å². The van der Waals surface area contributed by atoms with Crippen molar-refractivity contribution in [2.45, 2.75) is 99.3 Å². The first-order valence-corrected chi connectivity index (χ1v) is 16.5. The average molecular weight is 489 g/mol. The quantitative estimate of drug-likeness (QED) is 0.157. The van der Waals surface area contributed by atoms with E-state index in [4.69, 9.17) is 4.11 Å². The van der Waals surface area contributed by atoms with Gasteiger partial charge in [-0.1, -0.05) is 85.0 Å². The summed E-state index contributed by atoms with van der Waals surface area (Å²) >= 11 is 0. The molecule has 2 aromatic heterocycles. The lowest BCUT2D eigenvalue weighted by atomic mass is 9.80. The van der Waals surface area contributed by atoms with E-state index in [0.29, 0.717) is 23.3 Å². The van der Waals surface area contributed by atoms with Crippen LogP contribution in [0.4, 0.5) is 0 Å². The fraction of sp³-hybridized carbons (Fsp3) is 0.531. The van der Waals surface area contributed by atoms with Gasteiger partial charge in [-0.2, -0.15) is 4.40 Å². The fourth-order valence-electron chi connectivity index (χ4n) is 8.50. The highest BCUT2D eigenvalue weighted by Crippen LogP contribution is 2.51. The maximum atomic E-state index is 8.58. The summed E-state index contributed by atoms with van der Waals surface area (Å²) in [5.74, 6) is 1.18. The van der Waals surface area contributed by atoms with E-state index in [1.165, 1.54) is 33.2 Å². The predicted octanol–water partition coefficient (Wildman–Crippen LogP) is 7.87. The van der Waals surface area contributed by atoms with Crippen molar-refractivity contribution in [2.75, 3.05) is 0 Å². The first kappa shape index (κ1) is 21.0. The van der Waals surface area contributed by atoms with E-state index in [0.717, 1.165) is 16.3 Å². The molecule has 0 saturated carbocycles. The molecule has 0 bridgehead atoms. The third kappa shape index (κ3) is 2.74. The Bertz CT molecular complexity index is 1600. The molecule has 0 fully saturated rings. The van der Waals surface area contributed by atoms with E-state index in [9.17, 15) is 0 Å². The molecule has 0 radical (unpaired) electrons. The molecule has 1 aliphatic heterocycles. The number of nitrogens with zero attached hydrogens (tertiary/aromatic N) is 2. The van der Waals surface area contributed by atoms with Crippen LogP contribution in [0.1, 0.15) is 94.0 Å². The van der Waals surface area contributed by atoms with Gasteiger partial charge in [0.25, 0.3) is 5.65 Å². The SMILES string of the molecule is [2H]C([2H])([2H])c1ccc2c3c1c1cccc(C(C)C)c1c1n(C(C)C)c(C)c([n+]31)C(C(C)C)(C(C)C)[Si]2(C)C. The van der Waals surface area contributed by atoms with Crippen molar-refractivity contribution >= 4 is 40.6 Å². The number of imidazole rings is 1. The lowest BCUT2D eigenvalue weighted by Crippen LogP contribution is -2.71. The third-order valence-electron chi connectivity index (χ3n) is 9.42. The van der Waals surface area contributed by atoms with Gasteiger partial charge in [-0.25, -0.2) is 4.57 Å². The summed E-state index contributed by atoms with van der Waals surface area (Å²) in [5, 5.41) is 4.60. The average Bonchev–Trinajstić information content (AvgIpc) is 3.10. The van der Waals surface area contributed by atoms with Gasteiger partial charge in [-0.3, -0.25) is 0 Å². The van der Waals surface area contributed by atoms with Crippen LogP contribution in [0.25, 0.3) is 27.3 Å². The first-order chi connectivity index (χ1) is 17.5. The zero-order chi connectivity index (χ0) is 28.3. The van der Waals surface area contributed by atoms with Crippen molar-refractivity contribution in [2.24, 2.45) is 11.8 Å². The second-order valence-corrected chi connectivity index (χ2v) is 17.3. The molecule has 4 aromatic rings. The van der Waals surface area contributed by atoms with Crippen LogP contribution < -0.4 is 9.59 Å². The monoisotopic (exact) mass is 488 g/mol. The number of hydrogen-bond acceptors (Lipinski definition) is 0. The van der Waals surface area contributed by atoms with Gasteiger partial charge >= 0.3 is 0 Å².